The summed E-state index contributed by atoms with van der Waals surface area (Å²) in [4.78, 5) is 8.99. The van der Waals surface area contributed by atoms with Crippen LogP contribution < -0.4 is 0 Å². The van der Waals surface area contributed by atoms with Crippen LogP contribution in [0.2, 0.25) is 18.1 Å². The summed E-state index contributed by atoms with van der Waals surface area (Å²) >= 11 is 7.56. The molecule has 0 aliphatic carbocycles. The SMILES string of the molecule is C[Si](C)OCC(O)c1[nH]c(C(C)(C)C)nc1Sc1cccc(Cl)c1. The Morgan fingerprint density at radius 1 is 1.38 bits per heavy atom. The van der Waals surface area contributed by atoms with Gasteiger partial charge in [0, 0.05) is 15.3 Å². The van der Waals surface area contributed by atoms with E-state index in [1.807, 2.05) is 37.4 Å². The van der Waals surface area contributed by atoms with Crippen LogP contribution in [0.15, 0.2) is 34.2 Å². The Bertz CT molecular complexity index is 685. The van der Waals surface area contributed by atoms with Gasteiger partial charge in [-0.3, -0.25) is 0 Å². The van der Waals surface area contributed by atoms with E-state index < -0.39 is 15.1 Å². The van der Waals surface area contributed by atoms with Crippen LogP contribution in [0.25, 0.3) is 0 Å². The first-order chi connectivity index (χ1) is 11.2. The zero-order valence-electron chi connectivity index (χ0n) is 14.7. The lowest BCUT2D eigenvalue weighted by atomic mass is 9.96. The second-order valence-corrected chi connectivity index (χ2v) is 10.5. The summed E-state index contributed by atoms with van der Waals surface area (Å²) in [6.45, 7) is 10.6. The summed E-state index contributed by atoms with van der Waals surface area (Å²) in [5.41, 5.74) is 0.570. The first-order valence-electron chi connectivity index (χ1n) is 7.81. The van der Waals surface area contributed by atoms with Crippen molar-refractivity contribution in [2.24, 2.45) is 0 Å². The van der Waals surface area contributed by atoms with Gasteiger partial charge in [-0.2, -0.15) is 0 Å². The fourth-order valence-electron chi connectivity index (χ4n) is 2.00. The van der Waals surface area contributed by atoms with Crippen LogP contribution in [-0.4, -0.2) is 30.7 Å². The van der Waals surface area contributed by atoms with Crippen molar-refractivity contribution in [3.63, 3.8) is 0 Å². The van der Waals surface area contributed by atoms with E-state index in [4.69, 9.17) is 21.0 Å². The van der Waals surface area contributed by atoms with Gasteiger partial charge < -0.3 is 14.5 Å². The van der Waals surface area contributed by atoms with Gasteiger partial charge >= 0.3 is 0 Å². The van der Waals surface area contributed by atoms with Gasteiger partial charge in [0.1, 0.15) is 17.0 Å². The number of imidazole rings is 1. The molecule has 24 heavy (non-hydrogen) atoms. The van der Waals surface area contributed by atoms with Crippen molar-refractivity contribution in [3.05, 3.63) is 40.8 Å². The summed E-state index contributed by atoms with van der Waals surface area (Å²) in [5.74, 6) is 0.847. The molecule has 131 valence electrons. The maximum absolute atomic E-state index is 10.5. The van der Waals surface area contributed by atoms with Gasteiger partial charge in [0.25, 0.3) is 0 Å². The van der Waals surface area contributed by atoms with E-state index in [0.717, 1.165) is 15.7 Å². The Morgan fingerprint density at radius 3 is 2.67 bits per heavy atom. The molecule has 1 aromatic heterocycles. The number of aliphatic hydroxyl groups is 1. The predicted molar refractivity (Wildman–Crippen MR) is 101 cm³/mol. The molecule has 0 aliphatic heterocycles. The molecule has 2 aromatic rings. The molecule has 0 fully saturated rings. The van der Waals surface area contributed by atoms with Crippen molar-refractivity contribution in [2.75, 3.05) is 6.61 Å². The third kappa shape index (κ3) is 5.36. The molecule has 1 aromatic carbocycles. The minimum atomic E-state index is -0.853. The Morgan fingerprint density at radius 2 is 2.08 bits per heavy atom. The molecule has 2 N–H and O–H groups in total. The number of aliphatic hydroxyl groups excluding tert-OH is 1. The molecular formula is C17H24ClN2O2SSi. The summed E-state index contributed by atoms with van der Waals surface area (Å²) in [6.07, 6.45) is -0.727. The highest BCUT2D eigenvalue weighted by Gasteiger charge is 2.25. The Labute approximate surface area is 154 Å². The molecule has 0 spiro atoms. The van der Waals surface area contributed by atoms with Gasteiger partial charge in [0.15, 0.2) is 0 Å². The minimum Gasteiger partial charge on any atom is -0.414 e. The molecule has 7 heteroatoms. The van der Waals surface area contributed by atoms with E-state index in [-0.39, 0.29) is 12.0 Å². The Kier molecular flexibility index (Phi) is 6.56. The van der Waals surface area contributed by atoms with Crippen molar-refractivity contribution in [1.29, 1.82) is 0 Å². The lowest BCUT2D eigenvalue weighted by Crippen LogP contribution is -2.16. The highest BCUT2D eigenvalue weighted by atomic mass is 35.5. The maximum Gasteiger partial charge on any atom is 0.205 e. The molecule has 1 unspecified atom stereocenters. The number of aromatic nitrogens is 2. The monoisotopic (exact) mass is 383 g/mol. The molecule has 2 rings (SSSR count). The van der Waals surface area contributed by atoms with E-state index in [0.29, 0.717) is 10.7 Å². The van der Waals surface area contributed by atoms with Gasteiger partial charge in [0.2, 0.25) is 9.04 Å². The van der Waals surface area contributed by atoms with Crippen molar-refractivity contribution in [1.82, 2.24) is 9.97 Å². The zero-order chi connectivity index (χ0) is 17.9. The van der Waals surface area contributed by atoms with E-state index in [2.05, 4.69) is 25.8 Å². The van der Waals surface area contributed by atoms with Crippen molar-refractivity contribution in [2.45, 2.75) is 55.3 Å². The summed E-state index contributed by atoms with van der Waals surface area (Å²) in [5, 5.41) is 12.0. The van der Waals surface area contributed by atoms with Gasteiger partial charge in [-0.1, -0.05) is 50.2 Å². The number of hydrogen-bond donors (Lipinski definition) is 2. The van der Waals surface area contributed by atoms with E-state index in [9.17, 15) is 5.11 Å². The summed E-state index contributed by atoms with van der Waals surface area (Å²) < 4.78 is 5.65. The smallest absolute Gasteiger partial charge is 0.205 e. The molecule has 0 aliphatic rings. The molecule has 0 saturated heterocycles. The maximum atomic E-state index is 10.5. The molecule has 4 nitrogen and oxygen atoms in total. The lowest BCUT2D eigenvalue weighted by Gasteiger charge is -2.15. The number of halogens is 1. The van der Waals surface area contributed by atoms with Gasteiger partial charge in [-0.05, 0) is 31.3 Å². The number of aromatic amines is 1. The van der Waals surface area contributed by atoms with Crippen LogP contribution in [-0.2, 0) is 9.84 Å². The highest BCUT2D eigenvalue weighted by Crippen LogP contribution is 2.35. The molecule has 1 atom stereocenters. The van der Waals surface area contributed by atoms with Crippen molar-refractivity contribution < 1.29 is 9.53 Å². The molecule has 0 saturated carbocycles. The number of nitrogens with one attached hydrogen (secondary N) is 1. The molecule has 1 heterocycles. The average molecular weight is 384 g/mol. The fourth-order valence-corrected chi connectivity index (χ4v) is 3.74. The Balaban J connectivity index is 2.31. The number of nitrogens with zero attached hydrogens (tertiary/aromatic N) is 1. The quantitative estimate of drug-likeness (QED) is 0.702. The first kappa shape index (κ1) is 19.5. The summed E-state index contributed by atoms with van der Waals surface area (Å²) in [7, 11) is -0.853. The van der Waals surface area contributed by atoms with Crippen LogP contribution in [0.4, 0.5) is 0 Å². The van der Waals surface area contributed by atoms with E-state index >= 15 is 0 Å². The van der Waals surface area contributed by atoms with Gasteiger partial charge in [-0.25, -0.2) is 4.98 Å². The van der Waals surface area contributed by atoms with Gasteiger partial charge in [-0.15, -0.1) is 0 Å². The fraction of sp³-hybridized carbons (Fsp3) is 0.471. The van der Waals surface area contributed by atoms with E-state index in [1.165, 1.54) is 11.8 Å². The zero-order valence-corrected chi connectivity index (χ0v) is 17.3. The molecule has 1 radical (unpaired) electrons. The van der Waals surface area contributed by atoms with Crippen LogP contribution in [0, 0.1) is 0 Å². The number of benzene rings is 1. The number of H-pyrrole nitrogens is 1. The van der Waals surface area contributed by atoms with Crippen LogP contribution >= 0.6 is 23.4 Å². The van der Waals surface area contributed by atoms with Crippen LogP contribution in [0.1, 0.15) is 38.4 Å². The number of rotatable bonds is 6. The molecular weight excluding hydrogens is 360 g/mol. The second-order valence-electron chi connectivity index (χ2n) is 6.85. The van der Waals surface area contributed by atoms with Crippen molar-refractivity contribution >= 4 is 32.4 Å². The molecule has 0 bridgehead atoms. The second kappa shape index (κ2) is 8.06. The van der Waals surface area contributed by atoms with Gasteiger partial charge in [0.05, 0.1) is 12.3 Å². The number of hydrogen-bond acceptors (Lipinski definition) is 4. The summed E-state index contributed by atoms with van der Waals surface area (Å²) in [6, 6.07) is 7.62. The van der Waals surface area contributed by atoms with Crippen molar-refractivity contribution in [3.8, 4) is 0 Å². The standard InChI is InChI=1S/C17H24ClN2O2SSi/c1-17(2,3)16-19-14(13(21)10-22-24(4)5)15(20-16)23-12-8-6-7-11(18)9-12/h6-9,13,21H,10H2,1-5H3,(H,19,20). The highest BCUT2D eigenvalue weighted by molar-refractivity contribution is 7.99. The molecule has 0 amide bonds. The third-order valence-corrected chi connectivity index (χ3v) is 5.25. The van der Waals surface area contributed by atoms with E-state index in [1.54, 1.807) is 0 Å². The topological polar surface area (TPSA) is 58.1 Å². The Hall–Kier alpha value is -0.793. The van der Waals surface area contributed by atoms with Crippen LogP contribution in [0.5, 0.6) is 0 Å². The van der Waals surface area contributed by atoms with Crippen LogP contribution in [0.3, 0.4) is 0 Å². The minimum absolute atomic E-state index is 0.132. The normalized spacial score (nSPS) is 13.5. The first-order valence-corrected chi connectivity index (χ1v) is 11.4. The largest absolute Gasteiger partial charge is 0.414 e. The predicted octanol–water partition coefficient (Wildman–Crippen LogP) is 4.81. The third-order valence-electron chi connectivity index (χ3n) is 3.28. The lowest BCUT2D eigenvalue weighted by molar-refractivity contribution is 0.102. The average Bonchev–Trinajstić information content (AvgIpc) is 2.89.